The number of hydrogen-bond donors (Lipinski definition) is 1. The predicted octanol–water partition coefficient (Wildman–Crippen LogP) is 5.06. The maximum absolute atomic E-state index is 12.6. The van der Waals surface area contributed by atoms with Gasteiger partial charge in [-0.15, -0.1) is 0 Å². The Kier molecular flexibility index (Phi) is 4.83. The lowest BCUT2D eigenvalue weighted by Gasteiger charge is -2.26. The predicted molar refractivity (Wildman–Crippen MR) is 101 cm³/mol. The van der Waals surface area contributed by atoms with Gasteiger partial charge in [-0.3, -0.25) is 9.52 Å². The van der Waals surface area contributed by atoms with E-state index in [0.29, 0.717) is 23.4 Å². The van der Waals surface area contributed by atoms with Crippen molar-refractivity contribution in [3.05, 3.63) is 37.8 Å². The molecule has 1 aliphatic carbocycles. The highest BCUT2D eigenvalue weighted by Gasteiger charge is 2.34. The minimum atomic E-state index is -4.02. The van der Waals surface area contributed by atoms with Crippen molar-refractivity contribution >= 4 is 67.1 Å². The lowest BCUT2D eigenvalue weighted by atomic mass is 9.78. The number of anilines is 1. The van der Waals surface area contributed by atoms with Gasteiger partial charge in [0, 0.05) is 6.42 Å². The monoisotopic (exact) mass is 438 g/mol. The van der Waals surface area contributed by atoms with E-state index in [9.17, 15) is 13.2 Å². The van der Waals surface area contributed by atoms with E-state index in [-0.39, 0.29) is 36.3 Å². The fourth-order valence-electron chi connectivity index (χ4n) is 2.65. The number of hydrogen-bond acceptors (Lipinski definition) is 5. The summed E-state index contributed by atoms with van der Waals surface area (Å²) in [4.78, 5) is 16.8. The number of carbonyl (C=O) groups is 1. The molecular weight excluding hydrogens is 427 g/mol. The van der Waals surface area contributed by atoms with Crippen LogP contribution in [0, 0.1) is 5.41 Å². The smallest absolute Gasteiger partial charge is 0.265 e. The van der Waals surface area contributed by atoms with Gasteiger partial charge in [-0.2, -0.15) is 0 Å². The Morgan fingerprint density at radius 1 is 1.16 bits per heavy atom. The van der Waals surface area contributed by atoms with Gasteiger partial charge in [0.15, 0.2) is 10.9 Å². The molecule has 0 saturated heterocycles. The minimum absolute atomic E-state index is 0.0261. The van der Waals surface area contributed by atoms with Gasteiger partial charge < -0.3 is 0 Å². The summed E-state index contributed by atoms with van der Waals surface area (Å²) in [5.41, 5.74) is 0.422. The summed E-state index contributed by atoms with van der Waals surface area (Å²) in [6.45, 7) is 3.96. The molecule has 0 amide bonds. The molecule has 1 aromatic carbocycles. The number of aromatic nitrogens is 1. The first-order chi connectivity index (χ1) is 11.5. The molecule has 0 atom stereocenters. The van der Waals surface area contributed by atoms with Gasteiger partial charge in [-0.05, 0) is 24.0 Å². The number of benzene rings is 1. The van der Waals surface area contributed by atoms with E-state index in [1.165, 1.54) is 12.1 Å². The Morgan fingerprint density at radius 3 is 2.52 bits per heavy atom. The maximum atomic E-state index is 12.6. The molecule has 1 N–H and O–H groups in total. The fourth-order valence-corrected chi connectivity index (χ4v) is 5.78. The summed E-state index contributed by atoms with van der Waals surface area (Å²) in [7, 11) is -4.02. The van der Waals surface area contributed by atoms with E-state index in [2.05, 4.69) is 9.71 Å². The Hall–Kier alpha value is -0.860. The molecule has 1 aromatic heterocycles. The van der Waals surface area contributed by atoms with Gasteiger partial charge in [0.2, 0.25) is 0 Å². The van der Waals surface area contributed by atoms with Crippen molar-refractivity contribution in [3.8, 4) is 0 Å². The number of fused-ring (bicyclic) bond motifs is 1. The quantitative estimate of drug-likeness (QED) is 0.678. The van der Waals surface area contributed by atoms with E-state index in [1.807, 2.05) is 13.8 Å². The first kappa shape index (κ1) is 18.9. The van der Waals surface area contributed by atoms with Gasteiger partial charge in [0.05, 0.1) is 25.6 Å². The Bertz CT molecular complexity index is 984. The number of carbonyl (C=O) groups excluding carboxylic acids is 1. The van der Waals surface area contributed by atoms with Crippen LogP contribution >= 0.6 is 46.1 Å². The van der Waals surface area contributed by atoms with E-state index in [4.69, 9.17) is 34.8 Å². The number of ketones is 1. The molecule has 3 rings (SSSR count). The molecule has 1 aliphatic rings. The molecular formula is C15H13Cl3N2O3S2. The van der Waals surface area contributed by atoms with Crippen LogP contribution in [-0.2, 0) is 16.4 Å². The molecule has 0 aliphatic heterocycles. The number of nitrogens with zero attached hydrogens (tertiary/aromatic N) is 1. The second kappa shape index (κ2) is 6.39. The van der Waals surface area contributed by atoms with Crippen molar-refractivity contribution in [2.24, 2.45) is 5.41 Å². The lowest BCUT2D eigenvalue weighted by molar-refractivity contribution is 0.0916. The topological polar surface area (TPSA) is 76.1 Å². The number of Topliss-reactive ketones (excluding diaryl/α,β-unsaturated/α-hetero) is 1. The third kappa shape index (κ3) is 3.66. The second-order valence-corrected chi connectivity index (χ2v) is 10.3. The van der Waals surface area contributed by atoms with Crippen molar-refractivity contribution < 1.29 is 13.2 Å². The molecule has 0 spiro atoms. The number of sulfonamides is 1. The largest absolute Gasteiger partial charge is 0.293 e. The number of rotatable bonds is 3. The third-order valence-electron chi connectivity index (χ3n) is 3.75. The van der Waals surface area contributed by atoms with Crippen molar-refractivity contribution in [1.82, 2.24) is 4.98 Å². The average Bonchev–Trinajstić information content (AvgIpc) is 2.84. The van der Waals surface area contributed by atoms with Crippen LogP contribution < -0.4 is 4.72 Å². The molecule has 0 bridgehead atoms. The molecule has 0 radical (unpaired) electrons. The third-order valence-corrected chi connectivity index (χ3v) is 7.72. The van der Waals surface area contributed by atoms with Gasteiger partial charge in [0.25, 0.3) is 10.0 Å². The molecule has 0 fully saturated rings. The number of nitrogens with one attached hydrogen (secondary N) is 1. The lowest BCUT2D eigenvalue weighted by Crippen LogP contribution is -2.26. The number of thiazole rings is 1. The van der Waals surface area contributed by atoms with Crippen LogP contribution in [0.25, 0.3) is 0 Å². The summed E-state index contributed by atoms with van der Waals surface area (Å²) in [5.74, 6) is -0.0261. The summed E-state index contributed by atoms with van der Waals surface area (Å²) >= 11 is 18.8. The van der Waals surface area contributed by atoms with Gasteiger partial charge in [0.1, 0.15) is 4.90 Å². The Labute approximate surface area is 164 Å². The van der Waals surface area contributed by atoms with Gasteiger partial charge >= 0.3 is 0 Å². The van der Waals surface area contributed by atoms with Gasteiger partial charge in [-0.25, -0.2) is 13.4 Å². The van der Waals surface area contributed by atoms with Crippen molar-refractivity contribution in [2.75, 3.05) is 4.72 Å². The highest BCUT2D eigenvalue weighted by atomic mass is 35.5. The van der Waals surface area contributed by atoms with Gasteiger partial charge in [-0.1, -0.05) is 60.0 Å². The SMILES string of the molecule is CC1(C)CC(=O)c2sc(NS(=O)(=O)c3ccc(Cl)c(Cl)c3Cl)nc2C1. The van der Waals surface area contributed by atoms with Crippen LogP contribution in [0.15, 0.2) is 17.0 Å². The molecule has 25 heavy (non-hydrogen) atoms. The normalized spacial score (nSPS) is 16.6. The van der Waals surface area contributed by atoms with E-state index < -0.39 is 10.0 Å². The van der Waals surface area contributed by atoms with Crippen LogP contribution in [-0.4, -0.2) is 19.2 Å². The zero-order chi connectivity index (χ0) is 18.6. The van der Waals surface area contributed by atoms with Crippen LogP contribution in [0.2, 0.25) is 15.1 Å². The highest BCUT2D eigenvalue weighted by molar-refractivity contribution is 7.93. The summed E-state index contributed by atoms with van der Waals surface area (Å²) in [5, 5.41) is 0.0723. The molecule has 0 saturated carbocycles. The number of halogens is 3. The molecule has 134 valence electrons. The molecule has 2 aromatic rings. The molecule has 5 nitrogen and oxygen atoms in total. The summed E-state index contributed by atoms with van der Waals surface area (Å²) in [6, 6.07) is 2.61. The first-order valence-corrected chi connectivity index (χ1v) is 10.6. The average molecular weight is 440 g/mol. The highest BCUT2D eigenvalue weighted by Crippen LogP contribution is 2.40. The van der Waals surface area contributed by atoms with Crippen molar-refractivity contribution in [2.45, 2.75) is 31.6 Å². The molecule has 1 heterocycles. The Morgan fingerprint density at radius 2 is 1.84 bits per heavy atom. The minimum Gasteiger partial charge on any atom is -0.293 e. The van der Waals surface area contributed by atoms with Crippen LogP contribution in [0.5, 0.6) is 0 Å². The standard InChI is InChI=1S/C15H13Cl3N2O3S2/c1-15(2)5-8-13(9(21)6-15)24-14(19-8)20-25(22,23)10-4-3-7(16)11(17)12(10)18/h3-4H,5-6H2,1-2H3,(H,19,20). The zero-order valence-electron chi connectivity index (χ0n) is 13.2. The summed E-state index contributed by atoms with van der Waals surface area (Å²) < 4.78 is 27.6. The fraction of sp³-hybridized carbons (Fsp3) is 0.333. The molecule has 10 heteroatoms. The summed E-state index contributed by atoms with van der Waals surface area (Å²) in [6.07, 6.45) is 1.02. The van der Waals surface area contributed by atoms with E-state index in [1.54, 1.807) is 0 Å². The van der Waals surface area contributed by atoms with Crippen molar-refractivity contribution in [1.29, 1.82) is 0 Å². The van der Waals surface area contributed by atoms with Crippen molar-refractivity contribution in [3.63, 3.8) is 0 Å². The first-order valence-electron chi connectivity index (χ1n) is 7.19. The van der Waals surface area contributed by atoms with E-state index >= 15 is 0 Å². The maximum Gasteiger partial charge on any atom is 0.265 e. The second-order valence-electron chi connectivity index (χ2n) is 6.51. The molecule has 0 unspecified atom stereocenters. The Balaban J connectivity index is 1.96. The van der Waals surface area contributed by atoms with Crippen LogP contribution in [0.3, 0.4) is 0 Å². The van der Waals surface area contributed by atoms with E-state index in [0.717, 1.165) is 11.3 Å². The zero-order valence-corrected chi connectivity index (χ0v) is 17.1. The van der Waals surface area contributed by atoms with Crippen LogP contribution in [0.1, 0.15) is 35.6 Å². The van der Waals surface area contributed by atoms with Crippen LogP contribution in [0.4, 0.5) is 5.13 Å².